The summed E-state index contributed by atoms with van der Waals surface area (Å²) in [5.74, 6) is -0.549. The number of aryl methyl sites for hydroxylation is 1. The second-order valence-electron chi connectivity index (χ2n) is 3.04. The molecule has 0 aromatic carbocycles. The molecule has 0 saturated heterocycles. The minimum Gasteiger partial charge on any atom is -0.464 e. The molecule has 0 bridgehead atoms. The van der Waals surface area contributed by atoms with Crippen LogP contribution in [0.15, 0.2) is 10.8 Å². The van der Waals surface area contributed by atoms with Crippen molar-refractivity contribution < 1.29 is 14.1 Å². The molecule has 16 heavy (non-hydrogen) atoms. The fraction of sp³-hybridized carbons (Fsp3) is 0.333. The molecule has 2 rings (SSSR count). The third-order valence-electron chi connectivity index (χ3n) is 2.16. The van der Waals surface area contributed by atoms with Crippen LogP contribution in [0.3, 0.4) is 0 Å². The van der Waals surface area contributed by atoms with Gasteiger partial charge in [0, 0.05) is 0 Å². The van der Waals surface area contributed by atoms with Gasteiger partial charge in [0.2, 0.25) is 0 Å². The molecule has 0 spiro atoms. The van der Waals surface area contributed by atoms with Crippen LogP contribution in [0, 0.1) is 0 Å². The molecule has 0 aliphatic carbocycles. The minimum atomic E-state index is -0.549. The topological polar surface area (TPSA) is 93.9 Å². The average Bonchev–Trinajstić information content (AvgIpc) is 2.94. The predicted molar refractivity (Wildman–Crippen MR) is 52.6 cm³/mol. The number of ether oxygens (including phenoxy) is 1. The van der Waals surface area contributed by atoms with Gasteiger partial charge in [0.15, 0.2) is 5.69 Å². The molecule has 0 unspecified atom stereocenters. The molecular formula is C9H10N4O3. The maximum absolute atomic E-state index is 11.4. The van der Waals surface area contributed by atoms with E-state index in [1.807, 2.05) is 6.92 Å². The SMILES string of the molecule is CCc1nocc1-c1n[nH]nc1C(=O)OC. The second-order valence-corrected chi connectivity index (χ2v) is 3.04. The van der Waals surface area contributed by atoms with Gasteiger partial charge in [0.25, 0.3) is 0 Å². The van der Waals surface area contributed by atoms with Gasteiger partial charge in [-0.1, -0.05) is 12.1 Å². The van der Waals surface area contributed by atoms with E-state index in [4.69, 9.17) is 4.52 Å². The van der Waals surface area contributed by atoms with Gasteiger partial charge in [0.1, 0.15) is 12.0 Å². The van der Waals surface area contributed by atoms with E-state index in [2.05, 4.69) is 25.3 Å². The molecule has 7 heteroatoms. The minimum absolute atomic E-state index is 0.125. The van der Waals surface area contributed by atoms with E-state index in [1.165, 1.54) is 13.4 Å². The molecule has 0 aliphatic rings. The normalized spacial score (nSPS) is 10.4. The molecule has 2 aromatic rings. The van der Waals surface area contributed by atoms with Crippen molar-refractivity contribution in [2.45, 2.75) is 13.3 Å². The van der Waals surface area contributed by atoms with Gasteiger partial charge in [-0.25, -0.2) is 4.79 Å². The molecule has 84 valence electrons. The van der Waals surface area contributed by atoms with Crippen molar-refractivity contribution in [3.63, 3.8) is 0 Å². The molecule has 0 radical (unpaired) electrons. The number of aromatic nitrogens is 4. The fourth-order valence-corrected chi connectivity index (χ4v) is 1.37. The monoisotopic (exact) mass is 222 g/mol. The number of carbonyl (C=O) groups is 1. The van der Waals surface area contributed by atoms with Crippen LogP contribution < -0.4 is 0 Å². The van der Waals surface area contributed by atoms with Crippen molar-refractivity contribution in [1.29, 1.82) is 0 Å². The van der Waals surface area contributed by atoms with E-state index in [0.717, 1.165) is 5.69 Å². The molecule has 0 fully saturated rings. The van der Waals surface area contributed by atoms with Gasteiger partial charge >= 0.3 is 5.97 Å². The van der Waals surface area contributed by atoms with Gasteiger partial charge < -0.3 is 9.26 Å². The van der Waals surface area contributed by atoms with Gasteiger partial charge in [0.05, 0.1) is 18.4 Å². The summed E-state index contributed by atoms with van der Waals surface area (Å²) in [4.78, 5) is 11.4. The highest BCUT2D eigenvalue weighted by atomic mass is 16.5. The number of rotatable bonds is 3. The predicted octanol–water partition coefficient (Wildman–Crippen LogP) is 0.809. The summed E-state index contributed by atoms with van der Waals surface area (Å²) in [5.41, 5.74) is 1.89. The summed E-state index contributed by atoms with van der Waals surface area (Å²) >= 11 is 0. The summed E-state index contributed by atoms with van der Waals surface area (Å²) < 4.78 is 9.44. The molecule has 0 aliphatic heterocycles. The van der Waals surface area contributed by atoms with Crippen molar-refractivity contribution in [1.82, 2.24) is 20.6 Å². The summed E-state index contributed by atoms with van der Waals surface area (Å²) in [6, 6.07) is 0. The van der Waals surface area contributed by atoms with Crippen LogP contribution >= 0.6 is 0 Å². The first-order chi connectivity index (χ1) is 7.77. The van der Waals surface area contributed by atoms with Gasteiger partial charge in [-0.3, -0.25) is 0 Å². The first-order valence-corrected chi connectivity index (χ1v) is 4.70. The summed E-state index contributed by atoms with van der Waals surface area (Å²) in [5, 5.41) is 13.8. The highest BCUT2D eigenvalue weighted by Gasteiger charge is 2.22. The second kappa shape index (κ2) is 4.13. The fourth-order valence-electron chi connectivity index (χ4n) is 1.37. The van der Waals surface area contributed by atoms with E-state index in [9.17, 15) is 4.79 Å². The average molecular weight is 222 g/mol. The lowest BCUT2D eigenvalue weighted by Crippen LogP contribution is -2.04. The van der Waals surface area contributed by atoms with E-state index < -0.39 is 5.97 Å². The zero-order chi connectivity index (χ0) is 11.5. The van der Waals surface area contributed by atoms with Gasteiger partial charge in [-0.15, -0.1) is 5.10 Å². The molecule has 0 atom stereocenters. The number of esters is 1. The number of nitrogens with zero attached hydrogens (tertiary/aromatic N) is 3. The number of nitrogens with one attached hydrogen (secondary N) is 1. The Labute approximate surface area is 90.8 Å². The zero-order valence-electron chi connectivity index (χ0n) is 8.85. The van der Waals surface area contributed by atoms with Crippen LogP contribution in [0.5, 0.6) is 0 Å². The Morgan fingerprint density at radius 1 is 1.56 bits per heavy atom. The Morgan fingerprint density at radius 3 is 3.06 bits per heavy atom. The Bertz CT molecular complexity index is 502. The lowest BCUT2D eigenvalue weighted by molar-refractivity contribution is 0.0595. The highest BCUT2D eigenvalue weighted by molar-refractivity contribution is 5.93. The number of H-pyrrole nitrogens is 1. The maximum atomic E-state index is 11.4. The Morgan fingerprint density at radius 2 is 2.38 bits per heavy atom. The highest BCUT2D eigenvalue weighted by Crippen LogP contribution is 2.23. The third kappa shape index (κ3) is 1.56. The molecule has 0 saturated carbocycles. The van der Waals surface area contributed by atoms with Crippen LogP contribution in [0.4, 0.5) is 0 Å². The van der Waals surface area contributed by atoms with Crippen LogP contribution in [-0.4, -0.2) is 33.6 Å². The van der Waals surface area contributed by atoms with Crippen LogP contribution in [0.2, 0.25) is 0 Å². The van der Waals surface area contributed by atoms with Crippen molar-refractivity contribution >= 4 is 5.97 Å². The van der Waals surface area contributed by atoms with Crippen LogP contribution in [-0.2, 0) is 11.2 Å². The largest absolute Gasteiger partial charge is 0.464 e. The smallest absolute Gasteiger partial charge is 0.360 e. The van der Waals surface area contributed by atoms with Crippen molar-refractivity contribution in [3.8, 4) is 11.3 Å². The summed E-state index contributed by atoms with van der Waals surface area (Å²) in [7, 11) is 1.29. The van der Waals surface area contributed by atoms with E-state index in [-0.39, 0.29) is 5.69 Å². The molecule has 2 heterocycles. The van der Waals surface area contributed by atoms with Crippen LogP contribution in [0.25, 0.3) is 11.3 Å². The maximum Gasteiger partial charge on any atom is 0.360 e. The Balaban J connectivity index is 2.48. The third-order valence-corrected chi connectivity index (χ3v) is 2.16. The number of carbonyl (C=O) groups excluding carboxylic acids is 1. The first kappa shape index (κ1) is 10.3. The van der Waals surface area contributed by atoms with Crippen molar-refractivity contribution in [2.24, 2.45) is 0 Å². The lowest BCUT2D eigenvalue weighted by atomic mass is 10.1. The summed E-state index contributed by atoms with van der Waals surface area (Å²) in [6.45, 7) is 1.93. The number of hydrogen-bond acceptors (Lipinski definition) is 6. The van der Waals surface area contributed by atoms with E-state index in [1.54, 1.807) is 0 Å². The molecule has 0 amide bonds. The Kier molecular flexibility index (Phi) is 2.67. The van der Waals surface area contributed by atoms with Crippen LogP contribution in [0.1, 0.15) is 23.1 Å². The van der Waals surface area contributed by atoms with E-state index >= 15 is 0 Å². The molecular weight excluding hydrogens is 212 g/mol. The van der Waals surface area contributed by atoms with Crippen molar-refractivity contribution in [3.05, 3.63) is 17.7 Å². The van der Waals surface area contributed by atoms with Gasteiger partial charge in [-0.2, -0.15) is 10.3 Å². The molecule has 2 aromatic heterocycles. The van der Waals surface area contributed by atoms with Gasteiger partial charge in [-0.05, 0) is 6.42 Å². The number of methoxy groups -OCH3 is 1. The number of hydrogen-bond donors (Lipinski definition) is 1. The quantitative estimate of drug-likeness (QED) is 0.772. The van der Waals surface area contributed by atoms with E-state index in [0.29, 0.717) is 17.7 Å². The summed E-state index contributed by atoms with van der Waals surface area (Å²) in [6.07, 6.45) is 2.11. The molecule has 1 N–H and O–H groups in total. The first-order valence-electron chi connectivity index (χ1n) is 4.70. The lowest BCUT2D eigenvalue weighted by Gasteiger charge is -1.97. The number of aromatic amines is 1. The van der Waals surface area contributed by atoms with Crippen molar-refractivity contribution in [2.75, 3.05) is 7.11 Å². The molecule has 7 nitrogen and oxygen atoms in total. The standard InChI is InChI=1S/C9H10N4O3/c1-3-6-5(4-16-12-6)7-8(9(14)15-2)11-13-10-7/h4H,3H2,1-2H3,(H,10,11,13). The zero-order valence-corrected chi connectivity index (χ0v) is 8.85. The Hall–Kier alpha value is -2.18.